The minimum absolute atomic E-state index is 0.639. The van der Waals surface area contributed by atoms with Gasteiger partial charge >= 0.3 is 0 Å². The summed E-state index contributed by atoms with van der Waals surface area (Å²) in [6, 6.07) is 0. The van der Waals surface area contributed by atoms with Gasteiger partial charge in [-0.3, -0.25) is 0 Å². The molecule has 0 aromatic heterocycles. The molecule has 0 amide bonds. The lowest BCUT2D eigenvalue weighted by Crippen LogP contribution is -2.22. The van der Waals surface area contributed by atoms with E-state index in [0.29, 0.717) is 5.82 Å². The molecule has 3 fully saturated rings. The number of rotatable bonds is 0. The topological polar surface area (TPSA) is 52.0 Å². The highest BCUT2D eigenvalue weighted by Crippen LogP contribution is 2.60. The second-order valence-electron chi connectivity index (χ2n) is 5.04. The molecule has 2 bridgehead atoms. The molecule has 72 valence electrons. The molecule has 4 N–H and O–H groups in total. The molecule has 0 radical (unpaired) electrons. The lowest BCUT2D eigenvalue weighted by atomic mass is 9.80. The van der Waals surface area contributed by atoms with Crippen molar-refractivity contribution < 1.29 is 0 Å². The van der Waals surface area contributed by atoms with Gasteiger partial charge in [-0.25, -0.2) is 0 Å². The average molecular weight is 178 g/mol. The summed E-state index contributed by atoms with van der Waals surface area (Å²) in [6.45, 7) is 0. The monoisotopic (exact) mass is 178 g/mol. The van der Waals surface area contributed by atoms with Crippen LogP contribution in [0.5, 0.6) is 0 Å². The number of hydrogen-bond acceptors (Lipinski definition) is 2. The highest BCUT2D eigenvalue weighted by molar-refractivity contribution is 5.23. The Morgan fingerprint density at radius 2 is 1.85 bits per heavy atom. The zero-order valence-electron chi connectivity index (χ0n) is 8.00. The molecule has 3 aliphatic rings. The molecule has 13 heavy (non-hydrogen) atoms. The maximum atomic E-state index is 5.74. The molecule has 0 spiro atoms. The van der Waals surface area contributed by atoms with Crippen molar-refractivity contribution in [2.45, 2.75) is 32.1 Å². The normalized spacial score (nSPS) is 46.9. The third kappa shape index (κ3) is 0.890. The van der Waals surface area contributed by atoms with Crippen LogP contribution in [0.1, 0.15) is 32.1 Å². The van der Waals surface area contributed by atoms with Crippen molar-refractivity contribution in [1.29, 1.82) is 0 Å². The zero-order valence-corrected chi connectivity index (χ0v) is 8.00. The van der Waals surface area contributed by atoms with E-state index < -0.39 is 0 Å². The maximum absolute atomic E-state index is 5.74. The number of allylic oxidation sites excluding steroid dienone is 1. The van der Waals surface area contributed by atoms with E-state index >= 15 is 0 Å². The quantitative estimate of drug-likeness (QED) is 0.591. The summed E-state index contributed by atoms with van der Waals surface area (Å²) in [5.41, 5.74) is 12.9. The predicted molar refractivity (Wildman–Crippen MR) is 52.4 cm³/mol. The Labute approximate surface area is 79.4 Å². The van der Waals surface area contributed by atoms with E-state index in [1.807, 2.05) is 0 Å². The van der Waals surface area contributed by atoms with Gasteiger partial charge < -0.3 is 11.5 Å². The molecule has 4 atom stereocenters. The second-order valence-corrected chi connectivity index (χ2v) is 5.04. The van der Waals surface area contributed by atoms with Crippen LogP contribution in [0.25, 0.3) is 0 Å². The lowest BCUT2D eigenvalue weighted by molar-refractivity contribution is 0.282. The van der Waals surface area contributed by atoms with Crippen LogP contribution < -0.4 is 11.5 Å². The third-order valence-electron chi connectivity index (χ3n) is 4.61. The van der Waals surface area contributed by atoms with Gasteiger partial charge in [-0.1, -0.05) is 0 Å². The molecule has 3 saturated carbocycles. The van der Waals surface area contributed by atoms with Crippen molar-refractivity contribution in [2.24, 2.45) is 35.1 Å². The van der Waals surface area contributed by atoms with Gasteiger partial charge in [0, 0.05) is 0 Å². The van der Waals surface area contributed by atoms with Gasteiger partial charge in [-0.05, 0) is 61.3 Å². The first-order valence-corrected chi connectivity index (χ1v) is 5.51. The predicted octanol–water partition coefficient (Wildman–Crippen LogP) is 1.57. The zero-order chi connectivity index (χ0) is 9.00. The molecule has 3 rings (SSSR count). The van der Waals surface area contributed by atoms with Gasteiger partial charge in [0.1, 0.15) is 0 Å². The summed E-state index contributed by atoms with van der Waals surface area (Å²) < 4.78 is 0. The fourth-order valence-electron chi connectivity index (χ4n) is 4.19. The standard InChI is InChI=1S/C11H18N2/c12-11(13)9-4-3-8-6-1-2-7(5-6)10(8)9/h6-8,10H,1-5,12-13H2. The van der Waals surface area contributed by atoms with E-state index in [1.165, 1.54) is 37.7 Å². The van der Waals surface area contributed by atoms with Crippen molar-refractivity contribution in [3.05, 3.63) is 11.4 Å². The molecular formula is C11H18N2. The number of nitrogens with two attached hydrogens (primary N) is 2. The molecule has 0 heterocycles. The minimum Gasteiger partial charge on any atom is -0.386 e. The lowest BCUT2D eigenvalue weighted by Gasteiger charge is -2.25. The molecule has 0 saturated heterocycles. The highest BCUT2D eigenvalue weighted by Gasteiger charge is 2.51. The minimum atomic E-state index is 0.639. The summed E-state index contributed by atoms with van der Waals surface area (Å²) >= 11 is 0. The van der Waals surface area contributed by atoms with E-state index in [9.17, 15) is 0 Å². The fraction of sp³-hybridized carbons (Fsp3) is 0.818. The molecule has 0 aromatic rings. The summed E-state index contributed by atoms with van der Waals surface area (Å²) in [5, 5.41) is 0. The smallest absolute Gasteiger partial charge is 0.0928 e. The first kappa shape index (κ1) is 7.72. The number of hydrogen-bond donors (Lipinski definition) is 2. The van der Waals surface area contributed by atoms with E-state index in [4.69, 9.17) is 11.5 Å². The Morgan fingerprint density at radius 1 is 1.08 bits per heavy atom. The van der Waals surface area contributed by atoms with Gasteiger partial charge in [-0.2, -0.15) is 0 Å². The van der Waals surface area contributed by atoms with E-state index in [0.717, 1.165) is 23.7 Å². The molecule has 3 aliphatic carbocycles. The Morgan fingerprint density at radius 3 is 2.62 bits per heavy atom. The van der Waals surface area contributed by atoms with Crippen LogP contribution in [0.3, 0.4) is 0 Å². The van der Waals surface area contributed by atoms with Crippen LogP contribution in [0.2, 0.25) is 0 Å². The Hall–Kier alpha value is -0.660. The first-order valence-electron chi connectivity index (χ1n) is 5.51. The van der Waals surface area contributed by atoms with Crippen molar-refractivity contribution in [3.63, 3.8) is 0 Å². The Kier molecular flexibility index (Phi) is 1.44. The van der Waals surface area contributed by atoms with E-state index in [-0.39, 0.29) is 0 Å². The molecule has 4 unspecified atom stereocenters. The molecule has 2 heteroatoms. The highest BCUT2D eigenvalue weighted by atomic mass is 14.8. The third-order valence-corrected chi connectivity index (χ3v) is 4.61. The van der Waals surface area contributed by atoms with Gasteiger partial charge in [0.05, 0.1) is 5.82 Å². The van der Waals surface area contributed by atoms with Crippen LogP contribution in [-0.2, 0) is 0 Å². The SMILES string of the molecule is NC(N)=C1CCC2C3CCC(C3)C12. The summed E-state index contributed by atoms with van der Waals surface area (Å²) in [7, 11) is 0. The van der Waals surface area contributed by atoms with Crippen LogP contribution in [0, 0.1) is 23.7 Å². The van der Waals surface area contributed by atoms with Gasteiger partial charge in [-0.15, -0.1) is 0 Å². The van der Waals surface area contributed by atoms with Crippen molar-refractivity contribution in [1.82, 2.24) is 0 Å². The van der Waals surface area contributed by atoms with Crippen LogP contribution in [0.4, 0.5) is 0 Å². The van der Waals surface area contributed by atoms with Crippen molar-refractivity contribution in [3.8, 4) is 0 Å². The van der Waals surface area contributed by atoms with Gasteiger partial charge in [0.2, 0.25) is 0 Å². The second kappa shape index (κ2) is 2.43. The number of fused-ring (bicyclic) bond motifs is 5. The van der Waals surface area contributed by atoms with Gasteiger partial charge in [0.15, 0.2) is 0 Å². The largest absolute Gasteiger partial charge is 0.386 e. The van der Waals surface area contributed by atoms with Crippen LogP contribution in [-0.4, -0.2) is 0 Å². The summed E-state index contributed by atoms with van der Waals surface area (Å²) in [6.07, 6.45) is 6.92. The Balaban J connectivity index is 1.96. The molecule has 0 aliphatic heterocycles. The molecule has 2 nitrogen and oxygen atoms in total. The first-order chi connectivity index (χ1) is 6.27. The maximum Gasteiger partial charge on any atom is 0.0928 e. The van der Waals surface area contributed by atoms with Crippen LogP contribution in [0.15, 0.2) is 11.4 Å². The van der Waals surface area contributed by atoms with Crippen molar-refractivity contribution >= 4 is 0 Å². The summed E-state index contributed by atoms with van der Waals surface area (Å²) in [5.74, 6) is 4.35. The molecule has 0 aromatic carbocycles. The molecular weight excluding hydrogens is 160 g/mol. The van der Waals surface area contributed by atoms with Crippen LogP contribution >= 0.6 is 0 Å². The van der Waals surface area contributed by atoms with E-state index in [1.54, 1.807) is 0 Å². The summed E-state index contributed by atoms with van der Waals surface area (Å²) in [4.78, 5) is 0. The Bertz CT molecular complexity index is 265. The fourth-order valence-corrected chi connectivity index (χ4v) is 4.19. The average Bonchev–Trinajstić information content (AvgIpc) is 2.76. The van der Waals surface area contributed by atoms with E-state index in [2.05, 4.69) is 0 Å². The van der Waals surface area contributed by atoms with Gasteiger partial charge in [0.25, 0.3) is 0 Å². The van der Waals surface area contributed by atoms with Crippen molar-refractivity contribution in [2.75, 3.05) is 0 Å².